The lowest BCUT2D eigenvalue weighted by molar-refractivity contribution is -0.115. The Hall–Kier alpha value is -2.54. The fraction of sp³-hybridized carbons (Fsp3) is 0.222. The molecule has 2 heterocycles. The number of para-hydroxylation sites is 1. The molecule has 0 unspecified atom stereocenters. The van der Waals surface area contributed by atoms with E-state index in [2.05, 4.69) is 55.2 Å². The first kappa shape index (κ1) is 16.0. The van der Waals surface area contributed by atoms with Crippen LogP contribution in [-0.4, -0.2) is 28.5 Å². The van der Waals surface area contributed by atoms with Gasteiger partial charge in [-0.1, -0.05) is 18.2 Å². The third-order valence-corrected chi connectivity index (χ3v) is 5.20. The van der Waals surface area contributed by atoms with Crippen molar-refractivity contribution in [1.29, 1.82) is 0 Å². The molecule has 0 saturated carbocycles. The van der Waals surface area contributed by atoms with Crippen LogP contribution in [-0.2, 0) is 11.2 Å². The number of hydrogen-bond acceptors (Lipinski definition) is 3. The molecule has 0 aliphatic carbocycles. The highest BCUT2D eigenvalue weighted by atomic mass is 79.9. The Labute approximate surface area is 152 Å². The number of carbonyl (C=O) groups is 1. The number of hydrogen-bond donors (Lipinski definition) is 3. The molecule has 3 N–H and O–H groups in total. The van der Waals surface area contributed by atoms with Crippen LogP contribution in [0.5, 0.6) is 0 Å². The van der Waals surface area contributed by atoms with E-state index in [-0.39, 0.29) is 24.2 Å². The molecule has 1 aliphatic heterocycles. The topological polar surface area (TPSA) is 81.0 Å². The van der Waals surface area contributed by atoms with Crippen molar-refractivity contribution >= 4 is 44.2 Å². The van der Waals surface area contributed by atoms with Crippen LogP contribution in [0.2, 0.25) is 0 Å². The van der Waals surface area contributed by atoms with Gasteiger partial charge in [0.15, 0.2) is 0 Å². The van der Waals surface area contributed by atoms with Gasteiger partial charge >= 0.3 is 5.69 Å². The fourth-order valence-corrected chi connectivity index (χ4v) is 3.81. The highest BCUT2D eigenvalue weighted by Gasteiger charge is 2.27. The highest BCUT2D eigenvalue weighted by Crippen LogP contribution is 2.32. The monoisotopic (exact) mass is 400 g/mol. The van der Waals surface area contributed by atoms with Crippen LogP contribution < -0.4 is 15.9 Å². The number of benzene rings is 2. The summed E-state index contributed by atoms with van der Waals surface area (Å²) in [5.74, 6) is -0.0958. The van der Waals surface area contributed by atoms with E-state index in [1.165, 1.54) is 5.56 Å². The van der Waals surface area contributed by atoms with Gasteiger partial charge in [-0.15, -0.1) is 0 Å². The van der Waals surface area contributed by atoms with Gasteiger partial charge in [-0.25, -0.2) is 4.79 Å². The molecule has 0 spiro atoms. The van der Waals surface area contributed by atoms with Gasteiger partial charge in [-0.05, 0) is 53.0 Å². The highest BCUT2D eigenvalue weighted by molar-refractivity contribution is 9.10. The van der Waals surface area contributed by atoms with E-state index >= 15 is 0 Å². The molecule has 0 bridgehead atoms. The minimum absolute atomic E-state index is 0.0958. The molecule has 3 aromatic rings. The molecule has 1 aliphatic rings. The lowest BCUT2D eigenvalue weighted by Gasteiger charge is -2.24. The number of rotatable bonds is 3. The second-order valence-electron chi connectivity index (χ2n) is 6.31. The van der Waals surface area contributed by atoms with Gasteiger partial charge in [-0.2, -0.15) is 0 Å². The third kappa shape index (κ3) is 2.95. The number of aromatic amines is 2. The summed E-state index contributed by atoms with van der Waals surface area (Å²) >= 11 is 3.44. The summed E-state index contributed by atoms with van der Waals surface area (Å²) in [6.07, 6.45) is 0.948. The molecular formula is C18H17BrN4O2. The lowest BCUT2D eigenvalue weighted by atomic mass is 10.1. The first-order valence-corrected chi connectivity index (χ1v) is 8.86. The zero-order chi connectivity index (χ0) is 17.6. The summed E-state index contributed by atoms with van der Waals surface area (Å²) in [5.41, 5.74) is 4.10. The molecule has 2 aromatic carbocycles. The van der Waals surface area contributed by atoms with E-state index in [0.29, 0.717) is 16.7 Å². The minimum atomic E-state index is -0.270. The average Bonchev–Trinajstić information content (AvgIpc) is 3.07. The summed E-state index contributed by atoms with van der Waals surface area (Å²) in [7, 11) is 0. The van der Waals surface area contributed by atoms with Gasteiger partial charge in [-0.3, -0.25) is 4.79 Å². The molecule has 0 fully saturated rings. The zero-order valence-electron chi connectivity index (χ0n) is 13.6. The number of H-pyrrole nitrogens is 2. The van der Waals surface area contributed by atoms with E-state index in [4.69, 9.17) is 0 Å². The van der Waals surface area contributed by atoms with Gasteiger partial charge in [0.25, 0.3) is 0 Å². The largest absolute Gasteiger partial charge is 0.359 e. The second-order valence-corrected chi connectivity index (χ2v) is 7.17. The maximum atomic E-state index is 12.6. The molecular weight excluding hydrogens is 384 g/mol. The summed E-state index contributed by atoms with van der Waals surface area (Å²) < 4.78 is 0.721. The van der Waals surface area contributed by atoms with E-state index in [0.717, 1.165) is 16.6 Å². The summed E-state index contributed by atoms with van der Waals surface area (Å²) in [4.78, 5) is 31.5. The molecule has 6 nitrogen and oxygen atoms in total. The Bertz CT molecular complexity index is 1020. The van der Waals surface area contributed by atoms with E-state index in [1.54, 1.807) is 12.1 Å². The minimum Gasteiger partial charge on any atom is -0.359 e. The standard InChI is InChI=1S/C18H17BrN4O2/c1-10-6-11-4-2-3-5-16(11)23(10)9-17(24)20-13-8-15-14(7-12(13)19)21-18(25)22-15/h2-5,7-8,10H,6,9H2,1H3,(H,20,24)(H2,21,22,25)/t10-/m0/s1. The Balaban J connectivity index is 1.55. The van der Waals surface area contributed by atoms with Crippen molar-refractivity contribution in [1.82, 2.24) is 9.97 Å². The molecule has 1 amide bonds. The third-order valence-electron chi connectivity index (χ3n) is 4.54. The number of nitrogens with zero attached hydrogens (tertiary/aromatic N) is 1. The second kappa shape index (κ2) is 6.07. The Morgan fingerprint density at radius 2 is 2.00 bits per heavy atom. The molecule has 4 rings (SSSR count). The van der Waals surface area contributed by atoms with Crippen molar-refractivity contribution in [2.75, 3.05) is 16.8 Å². The number of carbonyl (C=O) groups excluding carboxylic acids is 1. The molecule has 1 atom stereocenters. The molecule has 128 valence electrons. The van der Waals surface area contributed by atoms with Crippen LogP contribution in [0.25, 0.3) is 11.0 Å². The number of amides is 1. The van der Waals surface area contributed by atoms with Crippen molar-refractivity contribution < 1.29 is 4.79 Å². The Morgan fingerprint density at radius 1 is 1.28 bits per heavy atom. The predicted molar refractivity (Wildman–Crippen MR) is 102 cm³/mol. The SMILES string of the molecule is C[C@H]1Cc2ccccc2N1CC(=O)Nc1cc2[nH]c(=O)[nH]c2cc1Br. The zero-order valence-corrected chi connectivity index (χ0v) is 15.2. The van der Waals surface area contributed by atoms with Crippen molar-refractivity contribution in [2.24, 2.45) is 0 Å². The number of anilines is 2. The van der Waals surface area contributed by atoms with Gasteiger partial charge in [0, 0.05) is 16.2 Å². The summed E-state index contributed by atoms with van der Waals surface area (Å²) in [6.45, 7) is 2.41. The van der Waals surface area contributed by atoms with Crippen LogP contribution in [0, 0.1) is 0 Å². The molecule has 0 saturated heterocycles. The normalized spacial score (nSPS) is 16.2. The van der Waals surface area contributed by atoms with Crippen molar-refractivity contribution in [3.05, 3.63) is 56.9 Å². The van der Waals surface area contributed by atoms with Crippen molar-refractivity contribution in [3.8, 4) is 0 Å². The Kier molecular flexibility index (Phi) is 3.88. The van der Waals surface area contributed by atoms with Crippen LogP contribution in [0.3, 0.4) is 0 Å². The van der Waals surface area contributed by atoms with Crippen LogP contribution >= 0.6 is 15.9 Å². The number of nitrogens with one attached hydrogen (secondary N) is 3. The van der Waals surface area contributed by atoms with Gasteiger partial charge < -0.3 is 20.2 Å². The molecule has 1 aromatic heterocycles. The molecule has 7 heteroatoms. The van der Waals surface area contributed by atoms with Gasteiger partial charge in [0.05, 0.1) is 23.3 Å². The van der Waals surface area contributed by atoms with E-state index in [1.807, 2.05) is 12.1 Å². The Morgan fingerprint density at radius 3 is 2.80 bits per heavy atom. The molecule has 25 heavy (non-hydrogen) atoms. The van der Waals surface area contributed by atoms with Crippen LogP contribution in [0.1, 0.15) is 12.5 Å². The average molecular weight is 401 g/mol. The smallest absolute Gasteiger partial charge is 0.323 e. The van der Waals surface area contributed by atoms with Crippen LogP contribution in [0.4, 0.5) is 11.4 Å². The number of imidazole rings is 1. The maximum Gasteiger partial charge on any atom is 0.323 e. The fourth-order valence-electron chi connectivity index (χ4n) is 3.37. The lowest BCUT2D eigenvalue weighted by Crippen LogP contribution is -2.37. The quantitative estimate of drug-likeness (QED) is 0.631. The van der Waals surface area contributed by atoms with Crippen molar-refractivity contribution in [2.45, 2.75) is 19.4 Å². The van der Waals surface area contributed by atoms with E-state index < -0.39 is 0 Å². The van der Waals surface area contributed by atoms with Crippen LogP contribution in [0.15, 0.2) is 45.7 Å². The number of aromatic nitrogens is 2. The predicted octanol–water partition coefficient (Wildman–Crippen LogP) is 3.01. The number of fused-ring (bicyclic) bond motifs is 2. The maximum absolute atomic E-state index is 12.6. The van der Waals surface area contributed by atoms with E-state index in [9.17, 15) is 9.59 Å². The van der Waals surface area contributed by atoms with Gasteiger partial charge in [0.1, 0.15) is 0 Å². The van der Waals surface area contributed by atoms with Gasteiger partial charge in [0.2, 0.25) is 5.91 Å². The number of halogens is 1. The molecule has 0 radical (unpaired) electrons. The first-order chi connectivity index (χ1) is 12.0. The first-order valence-electron chi connectivity index (χ1n) is 8.07. The summed E-state index contributed by atoms with van der Waals surface area (Å²) in [5, 5.41) is 2.93. The summed E-state index contributed by atoms with van der Waals surface area (Å²) in [6, 6.07) is 12.0. The van der Waals surface area contributed by atoms with Crippen molar-refractivity contribution in [3.63, 3.8) is 0 Å².